The number of benzene rings is 3. The molecule has 1 unspecified atom stereocenters. The smallest absolute Gasteiger partial charge is 0.300 e. The molecule has 0 spiro atoms. The fourth-order valence-corrected chi connectivity index (χ4v) is 3.67. The Kier molecular flexibility index (Phi) is 4.84. The van der Waals surface area contributed by atoms with E-state index < -0.39 is 17.7 Å². The minimum absolute atomic E-state index is 0.0855. The van der Waals surface area contributed by atoms with Gasteiger partial charge >= 0.3 is 0 Å². The second-order valence-electron chi connectivity index (χ2n) is 6.42. The highest BCUT2D eigenvalue weighted by Gasteiger charge is 2.46. The number of para-hydroxylation sites is 1. The van der Waals surface area contributed by atoms with Crippen molar-refractivity contribution in [2.24, 2.45) is 0 Å². The number of rotatable bonds is 3. The summed E-state index contributed by atoms with van der Waals surface area (Å²) in [6, 6.07) is 24.6. The minimum atomic E-state index is -0.702. The van der Waals surface area contributed by atoms with Crippen molar-refractivity contribution in [1.82, 2.24) is 0 Å². The molecule has 1 aliphatic heterocycles. The first-order valence-corrected chi connectivity index (χ1v) is 9.54. The first-order valence-electron chi connectivity index (χ1n) is 8.75. The van der Waals surface area contributed by atoms with Gasteiger partial charge in [0.15, 0.2) is 0 Å². The summed E-state index contributed by atoms with van der Waals surface area (Å²) in [5, 5.41) is 11.0. The number of aliphatic hydroxyl groups is 1. The van der Waals surface area contributed by atoms with Crippen molar-refractivity contribution >= 4 is 39.1 Å². The first-order chi connectivity index (χ1) is 13.6. The van der Waals surface area contributed by atoms with Crippen molar-refractivity contribution in [1.29, 1.82) is 0 Å². The van der Waals surface area contributed by atoms with Gasteiger partial charge in [-0.25, -0.2) is 0 Å². The van der Waals surface area contributed by atoms with Crippen LogP contribution >= 0.6 is 15.9 Å². The third-order valence-corrected chi connectivity index (χ3v) is 5.24. The molecule has 1 amide bonds. The molecule has 0 aliphatic carbocycles. The number of hydrogen-bond acceptors (Lipinski definition) is 3. The summed E-state index contributed by atoms with van der Waals surface area (Å²) in [6.07, 6.45) is 0. The van der Waals surface area contributed by atoms with E-state index in [1.54, 1.807) is 36.4 Å². The molecule has 1 heterocycles. The van der Waals surface area contributed by atoms with E-state index in [0.717, 1.165) is 10.0 Å². The summed E-state index contributed by atoms with van der Waals surface area (Å²) in [4.78, 5) is 27.3. The molecule has 1 atom stereocenters. The Morgan fingerprint density at radius 1 is 0.821 bits per heavy atom. The largest absolute Gasteiger partial charge is 0.507 e. The van der Waals surface area contributed by atoms with Gasteiger partial charge in [0.2, 0.25) is 0 Å². The number of hydrogen-bond donors (Lipinski definition) is 1. The third-order valence-electron chi connectivity index (χ3n) is 4.71. The highest BCUT2D eigenvalue weighted by molar-refractivity contribution is 9.10. The van der Waals surface area contributed by atoms with Crippen molar-refractivity contribution in [3.05, 3.63) is 106 Å². The van der Waals surface area contributed by atoms with E-state index in [4.69, 9.17) is 0 Å². The molecule has 3 aromatic carbocycles. The molecule has 0 saturated carbocycles. The summed E-state index contributed by atoms with van der Waals surface area (Å²) in [6.45, 7) is 0. The lowest BCUT2D eigenvalue weighted by atomic mass is 9.95. The zero-order valence-electron chi connectivity index (χ0n) is 14.7. The highest BCUT2D eigenvalue weighted by atomic mass is 79.9. The molecule has 3 aromatic rings. The molecule has 1 aliphatic rings. The number of nitrogens with zero attached hydrogens (tertiary/aromatic N) is 1. The lowest BCUT2D eigenvalue weighted by Crippen LogP contribution is -2.29. The summed E-state index contributed by atoms with van der Waals surface area (Å²) < 4.78 is 0.855. The second kappa shape index (κ2) is 7.44. The summed E-state index contributed by atoms with van der Waals surface area (Å²) in [5.41, 5.74) is 1.93. The lowest BCUT2D eigenvalue weighted by molar-refractivity contribution is -0.132. The van der Waals surface area contributed by atoms with Gasteiger partial charge in [-0.15, -0.1) is 0 Å². The minimum Gasteiger partial charge on any atom is -0.507 e. The predicted molar refractivity (Wildman–Crippen MR) is 112 cm³/mol. The van der Waals surface area contributed by atoms with Crippen LogP contribution in [0.15, 0.2) is 95.0 Å². The zero-order valence-corrected chi connectivity index (χ0v) is 16.3. The first kappa shape index (κ1) is 18.2. The number of ketones is 1. The molecule has 4 rings (SSSR count). The molecule has 1 fully saturated rings. The van der Waals surface area contributed by atoms with E-state index in [-0.39, 0.29) is 11.3 Å². The Morgan fingerprint density at radius 3 is 2.00 bits per heavy atom. The van der Waals surface area contributed by atoms with E-state index in [1.165, 1.54) is 4.90 Å². The van der Waals surface area contributed by atoms with E-state index in [9.17, 15) is 14.7 Å². The highest BCUT2D eigenvalue weighted by Crippen LogP contribution is 2.41. The molecular formula is C23H16BrNO3. The maximum absolute atomic E-state index is 12.9. The standard InChI is InChI=1S/C23H16BrNO3/c24-17-13-11-16(12-14-17)21(26)19-20(15-7-3-1-4-8-15)25(23(28)22(19)27)18-9-5-2-6-10-18/h1-14,20,26H. The molecule has 138 valence electrons. The van der Waals surface area contributed by atoms with Gasteiger partial charge in [0, 0.05) is 15.7 Å². The van der Waals surface area contributed by atoms with Gasteiger partial charge in [-0.1, -0.05) is 76.6 Å². The van der Waals surface area contributed by atoms with Crippen molar-refractivity contribution in [3.63, 3.8) is 0 Å². The number of anilines is 1. The Bertz CT molecular complexity index is 1060. The average Bonchev–Trinajstić information content (AvgIpc) is 3.00. The van der Waals surface area contributed by atoms with Crippen LogP contribution in [-0.4, -0.2) is 16.8 Å². The van der Waals surface area contributed by atoms with Crippen LogP contribution in [0.3, 0.4) is 0 Å². The molecule has 28 heavy (non-hydrogen) atoms. The normalized spacial score (nSPS) is 18.5. The third kappa shape index (κ3) is 3.14. The van der Waals surface area contributed by atoms with E-state index in [0.29, 0.717) is 11.3 Å². The Hall–Kier alpha value is -3.18. The molecule has 0 bridgehead atoms. The van der Waals surface area contributed by atoms with Crippen molar-refractivity contribution in [2.75, 3.05) is 4.90 Å². The van der Waals surface area contributed by atoms with Crippen LogP contribution < -0.4 is 4.90 Å². The van der Waals surface area contributed by atoms with Crippen LogP contribution in [-0.2, 0) is 9.59 Å². The van der Waals surface area contributed by atoms with Crippen molar-refractivity contribution in [2.45, 2.75) is 6.04 Å². The van der Waals surface area contributed by atoms with Gasteiger partial charge in [-0.05, 0) is 29.8 Å². The van der Waals surface area contributed by atoms with Crippen LogP contribution in [0.1, 0.15) is 17.2 Å². The van der Waals surface area contributed by atoms with Gasteiger partial charge in [0.1, 0.15) is 5.76 Å². The molecule has 0 aromatic heterocycles. The summed E-state index contributed by atoms with van der Waals surface area (Å²) in [7, 11) is 0. The van der Waals surface area contributed by atoms with Crippen LogP contribution in [0.4, 0.5) is 5.69 Å². The fourth-order valence-electron chi connectivity index (χ4n) is 3.40. The van der Waals surface area contributed by atoms with Gasteiger partial charge in [0.05, 0.1) is 11.6 Å². The van der Waals surface area contributed by atoms with E-state index in [2.05, 4.69) is 15.9 Å². The maximum Gasteiger partial charge on any atom is 0.300 e. The Labute approximate surface area is 170 Å². The van der Waals surface area contributed by atoms with Crippen LogP contribution in [0.2, 0.25) is 0 Å². The van der Waals surface area contributed by atoms with Crippen molar-refractivity contribution in [3.8, 4) is 0 Å². The zero-order chi connectivity index (χ0) is 19.7. The number of amides is 1. The second-order valence-corrected chi connectivity index (χ2v) is 7.34. The lowest BCUT2D eigenvalue weighted by Gasteiger charge is -2.25. The monoisotopic (exact) mass is 433 g/mol. The molecular weight excluding hydrogens is 418 g/mol. The molecule has 4 nitrogen and oxygen atoms in total. The van der Waals surface area contributed by atoms with Gasteiger partial charge in [0.25, 0.3) is 11.7 Å². The number of carbonyl (C=O) groups is 2. The van der Waals surface area contributed by atoms with Crippen LogP contribution in [0.25, 0.3) is 5.76 Å². The topological polar surface area (TPSA) is 57.6 Å². The van der Waals surface area contributed by atoms with E-state index in [1.807, 2.05) is 48.5 Å². The van der Waals surface area contributed by atoms with Gasteiger partial charge in [-0.2, -0.15) is 0 Å². The van der Waals surface area contributed by atoms with Gasteiger partial charge < -0.3 is 5.11 Å². The molecule has 5 heteroatoms. The van der Waals surface area contributed by atoms with Gasteiger partial charge in [-0.3, -0.25) is 14.5 Å². The summed E-state index contributed by atoms with van der Waals surface area (Å²) in [5.74, 6) is -1.53. The SMILES string of the molecule is O=C1C(=O)N(c2ccccc2)C(c2ccccc2)C1=C(O)c1ccc(Br)cc1. The molecule has 1 N–H and O–H groups in total. The molecule has 0 radical (unpaired) electrons. The quantitative estimate of drug-likeness (QED) is 0.356. The number of Topliss-reactive ketones (excluding diaryl/α,β-unsaturated/α-hetero) is 1. The number of aliphatic hydroxyl groups excluding tert-OH is 1. The van der Waals surface area contributed by atoms with Crippen LogP contribution in [0, 0.1) is 0 Å². The number of carbonyl (C=O) groups excluding carboxylic acids is 2. The Morgan fingerprint density at radius 2 is 1.39 bits per heavy atom. The fraction of sp³-hybridized carbons (Fsp3) is 0.0435. The predicted octanol–water partition coefficient (Wildman–Crippen LogP) is 5.08. The summed E-state index contributed by atoms with van der Waals surface area (Å²) >= 11 is 3.36. The number of halogens is 1. The van der Waals surface area contributed by atoms with Crippen molar-refractivity contribution < 1.29 is 14.7 Å². The van der Waals surface area contributed by atoms with Crippen LogP contribution in [0.5, 0.6) is 0 Å². The average molecular weight is 434 g/mol. The van der Waals surface area contributed by atoms with E-state index >= 15 is 0 Å². The maximum atomic E-state index is 12.9. The molecule has 1 saturated heterocycles. The Balaban J connectivity index is 1.94.